The molecule has 2 heterocycles. The van der Waals surface area contributed by atoms with Crippen molar-refractivity contribution in [2.45, 2.75) is 25.9 Å². The first-order valence-electron chi connectivity index (χ1n) is 6.15. The third kappa shape index (κ3) is 4.18. The molecule has 0 N–H and O–H groups in total. The van der Waals surface area contributed by atoms with Gasteiger partial charge in [0.25, 0.3) is 0 Å². The zero-order valence-electron chi connectivity index (χ0n) is 11.4. The maximum Gasteiger partial charge on any atom is 0.316 e. The van der Waals surface area contributed by atoms with Crippen LogP contribution < -0.4 is 0 Å². The minimum Gasteiger partial charge on any atom is -0.464 e. The van der Waals surface area contributed by atoms with Crippen molar-refractivity contribution in [3.05, 3.63) is 17.5 Å². The normalized spacial score (nSPS) is 16.8. The fourth-order valence-electron chi connectivity index (χ4n) is 1.71. The molecule has 0 unspecified atom stereocenters. The van der Waals surface area contributed by atoms with Crippen molar-refractivity contribution in [1.29, 1.82) is 0 Å². The Hall–Kier alpha value is -1.14. The number of carbonyl (C=O) groups is 1. The van der Waals surface area contributed by atoms with Gasteiger partial charge in [0, 0.05) is 16.8 Å². The van der Waals surface area contributed by atoms with Crippen LogP contribution in [0, 0.1) is 19.3 Å². The third-order valence-electron chi connectivity index (χ3n) is 2.76. The van der Waals surface area contributed by atoms with Gasteiger partial charge in [-0.15, -0.1) is 0 Å². The van der Waals surface area contributed by atoms with E-state index in [9.17, 15) is 4.79 Å². The van der Waals surface area contributed by atoms with Gasteiger partial charge in [-0.05, 0) is 19.9 Å². The molecular formula is C13H18N2O3S. The van der Waals surface area contributed by atoms with E-state index in [1.165, 1.54) is 11.8 Å². The monoisotopic (exact) mass is 282 g/mol. The summed E-state index contributed by atoms with van der Waals surface area (Å²) in [4.78, 5) is 20.2. The highest BCUT2D eigenvalue weighted by Gasteiger charge is 2.34. The number of aromatic nitrogens is 2. The van der Waals surface area contributed by atoms with Crippen LogP contribution >= 0.6 is 11.8 Å². The molecule has 0 atom stereocenters. The van der Waals surface area contributed by atoms with Gasteiger partial charge in [-0.2, -0.15) is 0 Å². The molecule has 1 aliphatic heterocycles. The number of ether oxygens (including phenoxy) is 2. The van der Waals surface area contributed by atoms with Crippen molar-refractivity contribution in [3.63, 3.8) is 0 Å². The van der Waals surface area contributed by atoms with Crippen LogP contribution in [-0.2, 0) is 14.3 Å². The standard InChI is InChI=1S/C13H18N2O3S/c1-9-4-10(2)15-12(14-9)19-5-11(16)18-8-13(3)6-17-7-13/h4H,5-8H2,1-3H3. The summed E-state index contributed by atoms with van der Waals surface area (Å²) in [6.07, 6.45) is 0. The first-order chi connectivity index (χ1) is 8.97. The first kappa shape index (κ1) is 14.3. The van der Waals surface area contributed by atoms with Crippen molar-refractivity contribution in [1.82, 2.24) is 9.97 Å². The Morgan fingerprint density at radius 1 is 1.42 bits per heavy atom. The zero-order valence-corrected chi connectivity index (χ0v) is 12.2. The molecule has 0 bridgehead atoms. The van der Waals surface area contributed by atoms with Crippen molar-refractivity contribution < 1.29 is 14.3 Å². The van der Waals surface area contributed by atoms with Gasteiger partial charge in [0.15, 0.2) is 5.16 Å². The van der Waals surface area contributed by atoms with Gasteiger partial charge in [0.1, 0.15) is 6.61 Å². The Kier molecular flexibility index (Phi) is 4.42. The molecule has 0 saturated carbocycles. The van der Waals surface area contributed by atoms with Crippen molar-refractivity contribution in [3.8, 4) is 0 Å². The van der Waals surface area contributed by atoms with Crippen LogP contribution in [0.25, 0.3) is 0 Å². The highest BCUT2D eigenvalue weighted by molar-refractivity contribution is 7.99. The molecule has 1 aromatic rings. The third-order valence-corrected chi connectivity index (χ3v) is 3.58. The van der Waals surface area contributed by atoms with Crippen molar-refractivity contribution in [2.75, 3.05) is 25.6 Å². The highest BCUT2D eigenvalue weighted by atomic mass is 32.2. The van der Waals surface area contributed by atoms with E-state index in [0.29, 0.717) is 25.0 Å². The summed E-state index contributed by atoms with van der Waals surface area (Å²) in [5.41, 5.74) is 1.81. The molecule has 1 aromatic heterocycles. The molecular weight excluding hydrogens is 264 g/mol. The molecule has 19 heavy (non-hydrogen) atoms. The lowest BCUT2D eigenvalue weighted by Crippen LogP contribution is -2.44. The Balaban J connectivity index is 1.76. The summed E-state index contributed by atoms with van der Waals surface area (Å²) in [5, 5.41) is 0.618. The number of carbonyl (C=O) groups excluding carboxylic acids is 1. The highest BCUT2D eigenvalue weighted by Crippen LogP contribution is 2.26. The van der Waals surface area contributed by atoms with Crippen molar-refractivity contribution in [2.24, 2.45) is 5.41 Å². The van der Waals surface area contributed by atoms with Gasteiger partial charge in [0.05, 0.1) is 19.0 Å². The summed E-state index contributed by atoms with van der Waals surface area (Å²) < 4.78 is 10.3. The second-order valence-corrected chi connectivity index (χ2v) is 6.13. The number of hydrogen-bond donors (Lipinski definition) is 0. The molecule has 6 heteroatoms. The van der Waals surface area contributed by atoms with Gasteiger partial charge in [-0.25, -0.2) is 9.97 Å². The van der Waals surface area contributed by atoms with E-state index < -0.39 is 0 Å². The average Bonchev–Trinajstić information content (AvgIpc) is 2.30. The predicted octanol–water partition coefficient (Wildman–Crippen LogP) is 1.77. The largest absolute Gasteiger partial charge is 0.464 e. The molecule has 0 amide bonds. The maximum absolute atomic E-state index is 11.6. The zero-order chi connectivity index (χ0) is 13.9. The SMILES string of the molecule is Cc1cc(C)nc(SCC(=O)OCC2(C)COC2)n1. The Labute approximate surface area is 117 Å². The van der Waals surface area contributed by atoms with Gasteiger partial charge in [0.2, 0.25) is 0 Å². The number of esters is 1. The predicted molar refractivity (Wildman–Crippen MR) is 72.1 cm³/mol. The number of nitrogens with zero attached hydrogens (tertiary/aromatic N) is 2. The lowest BCUT2D eigenvalue weighted by molar-refractivity contribution is -0.162. The Morgan fingerprint density at radius 3 is 2.58 bits per heavy atom. The van der Waals surface area contributed by atoms with Gasteiger partial charge < -0.3 is 9.47 Å². The lowest BCUT2D eigenvalue weighted by Gasteiger charge is -2.37. The average molecular weight is 282 g/mol. The molecule has 2 rings (SSSR count). The minimum atomic E-state index is -0.235. The van der Waals surface area contributed by atoms with Crippen LogP contribution in [0.5, 0.6) is 0 Å². The minimum absolute atomic E-state index is 0.00322. The van der Waals surface area contributed by atoms with Crippen molar-refractivity contribution >= 4 is 17.7 Å². The number of rotatable bonds is 5. The summed E-state index contributed by atoms with van der Waals surface area (Å²) in [7, 11) is 0. The van der Waals surface area contributed by atoms with Crippen LogP contribution in [-0.4, -0.2) is 41.5 Å². The van der Waals surface area contributed by atoms with Gasteiger partial charge >= 0.3 is 5.97 Å². The summed E-state index contributed by atoms with van der Waals surface area (Å²) in [6.45, 7) is 7.61. The second kappa shape index (κ2) is 5.88. The maximum atomic E-state index is 11.6. The molecule has 0 radical (unpaired) electrons. The van der Waals surface area contributed by atoms with E-state index in [4.69, 9.17) is 9.47 Å². The Bertz CT molecular complexity index is 455. The Morgan fingerprint density at radius 2 is 2.05 bits per heavy atom. The van der Waals surface area contributed by atoms with Crippen LogP contribution in [0.1, 0.15) is 18.3 Å². The van der Waals surface area contributed by atoms with Crippen LogP contribution in [0.3, 0.4) is 0 Å². The van der Waals surface area contributed by atoms with Crippen LogP contribution in [0.15, 0.2) is 11.2 Å². The lowest BCUT2D eigenvalue weighted by atomic mass is 9.90. The molecule has 0 spiro atoms. The molecule has 5 nitrogen and oxygen atoms in total. The van der Waals surface area contributed by atoms with E-state index >= 15 is 0 Å². The number of thioether (sulfide) groups is 1. The molecule has 1 saturated heterocycles. The fraction of sp³-hybridized carbons (Fsp3) is 0.615. The molecule has 1 fully saturated rings. The van der Waals surface area contributed by atoms with E-state index in [1.54, 1.807) is 0 Å². The molecule has 104 valence electrons. The number of hydrogen-bond acceptors (Lipinski definition) is 6. The van der Waals surface area contributed by atoms with E-state index in [-0.39, 0.29) is 17.1 Å². The first-order valence-corrected chi connectivity index (χ1v) is 7.14. The van der Waals surface area contributed by atoms with Crippen LogP contribution in [0.4, 0.5) is 0 Å². The summed E-state index contributed by atoms with van der Waals surface area (Å²) in [5.74, 6) is 0.000651. The summed E-state index contributed by atoms with van der Waals surface area (Å²) >= 11 is 1.31. The quantitative estimate of drug-likeness (QED) is 0.466. The topological polar surface area (TPSA) is 61.3 Å². The molecule has 1 aliphatic rings. The van der Waals surface area contributed by atoms with Crippen LogP contribution in [0.2, 0.25) is 0 Å². The smallest absolute Gasteiger partial charge is 0.316 e. The van der Waals surface area contributed by atoms with Gasteiger partial charge in [-0.3, -0.25) is 4.79 Å². The van der Waals surface area contributed by atoms with E-state index in [1.807, 2.05) is 26.8 Å². The second-order valence-electron chi connectivity index (χ2n) is 5.19. The molecule has 0 aliphatic carbocycles. The van der Waals surface area contributed by atoms with E-state index in [2.05, 4.69) is 9.97 Å². The van der Waals surface area contributed by atoms with E-state index in [0.717, 1.165) is 11.4 Å². The van der Waals surface area contributed by atoms with Gasteiger partial charge in [-0.1, -0.05) is 18.7 Å². The fourth-order valence-corrected chi connectivity index (χ4v) is 2.46. The molecule has 0 aromatic carbocycles. The summed E-state index contributed by atoms with van der Waals surface area (Å²) in [6, 6.07) is 1.90. The number of aryl methyl sites for hydroxylation is 2.